The molecule has 0 bridgehead atoms. The number of amides is 1. The van der Waals surface area contributed by atoms with Crippen molar-refractivity contribution in [1.82, 2.24) is 14.5 Å². The maximum absolute atomic E-state index is 12.7. The minimum atomic E-state index is -3.42. The Labute approximate surface area is 169 Å². The Morgan fingerprint density at radius 1 is 1.11 bits per heavy atom. The van der Waals surface area contributed by atoms with Crippen LogP contribution in [0.4, 0.5) is 0 Å². The summed E-state index contributed by atoms with van der Waals surface area (Å²) in [7, 11) is -3.42. The van der Waals surface area contributed by atoms with Crippen molar-refractivity contribution in [1.29, 1.82) is 0 Å². The number of likely N-dealkylation sites (tertiary alicyclic amines) is 1. The SMILES string of the molecule is C[C@H](CCNC(=O)CC1CCN(S(=O)(=O)c2ccccc2)CC1)N1CCCC1. The average Bonchev–Trinajstić information content (AvgIpc) is 3.24. The van der Waals surface area contributed by atoms with Crippen LogP contribution in [0.5, 0.6) is 0 Å². The molecule has 1 atom stereocenters. The molecule has 0 unspecified atom stereocenters. The third-order valence-corrected chi connectivity index (χ3v) is 7.99. The Kier molecular flexibility index (Phi) is 7.48. The van der Waals surface area contributed by atoms with Crippen molar-refractivity contribution in [2.75, 3.05) is 32.7 Å². The third kappa shape index (κ3) is 5.55. The molecule has 28 heavy (non-hydrogen) atoms. The van der Waals surface area contributed by atoms with E-state index in [9.17, 15) is 13.2 Å². The Hall–Kier alpha value is -1.44. The molecule has 2 saturated heterocycles. The molecule has 2 aliphatic heterocycles. The van der Waals surface area contributed by atoms with Gasteiger partial charge in [-0.1, -0.05) is 18.2 Å². The summed E-state index contributed by atoms with van der Waals surface area (Å²) in [5, 5.41) is 3.05. The van der Waals surface area contributed by atoms with Gasteiger partial charge in [-0.2, -0.15) is 4.31 Å². The summed E-state index contributed by atoms with van der Waals surface area (Å²) in [4.78, 5) is 15.1. The fraction of sp³-hybridized carbons (Fsp3) is 0.667. The van der Waals surface area contributed by atoms with Crippen LogP contribution in [0, 0.1) is 5.92 Å². The highest BCUT2D eigenvalue weighted by Crippen LogP contribution is 2.25. The summed E-state index contributed by atoms with van der Waals surface area (Å²) in [5.41, 5.74) is 0. The number of nitrogens with zero attached hydrogens (tertiary/aromatic N) is 2. The van der Waals surface area contributed by atoms with Crippen LogP contribution in [0.25, 0.3) is 0 Å². The van der Waals surface area contributed by atoms with Crippen molar-refractivity contribution >= 4 is 15.9 Å². The lowest BCUT2D eigenvalue weighted by atomic mass is 9.94. The molecule has 6 nitrogen and oxygen atoms in total. The second-order valence-corrected chi connectivity index (χ2v) is 10.0. The van der Waals surface area contributed by atoms with E-state index in [1.54, 1.807) is 28.6 Å². The van der Waals surface area contributed by atoms with Gasteiger partial charge in [0, 0.05) is 32.1 Å². The second-order valence-electron chi connectivity index (χ2n) is 8.10. The van der Waals surface area contributed by atoms with Crippen LogP contribution in [-0.4, -0.2) is 62.3 Å². The summed E-state index contributed by atoms with van der Waals surface area (Å²) < 4.78 is 26.9. The van der Waals surface area contributed by atoms with Crippen LogP contribution < -0.4 is 5.32 Å². The lowest BCUT2D eigenvalue weighted by molar-refractivity contribution is -0.122. The molecule has 0 aromatic heterocycles. The maximum atomic E-state index is 12.7. The number of carbonyl (C=O) groups is 1. The zero-order valence-corrected chi connectivity index (χ0v) is 17.7. The summed E-state index contributed by atoms with van der Waals surface area (Å²) in [6, 6.07) is 9.10. The maximum Gasteiger partial charge on any atom is 0.243 e. The standard InChI is InChI=1S/C21H33N3O3S/c1-18(23-13-5-6-14-23)9-12-22-21(25)17-19-10-15-24(16-11-19)28(26,27)20-7-3-2-4-8-20/h2-4,7-8,18-19H,5-6,9-17H2,1H3,(H,22,25)/t18-/m1/s1. The van der Waals surface area contributed by atoms with Crippen LogP contribution in [0.1, 0.15) is 45.4 Å². The van der Waals surface area contributed by atoms with Crippen molar-refractivity contribution in [2.45, 2.75) is 56.4 Å². The van der Waals surface area contributed by atoms with Gasteiger partial charge in [0.2, 0.25) is 15.9 Å². The highest BCUT2D eigenvalue weighted by Gasteiger charge is 2.30. The van der Waals surface area contributed by atoms with Gasteiger partial charge >= 0.3 is 0 Å². The third-order valence-electron chi connectivity index (χ3n) is 6.08. The van der Waals surface area contributed by atoms with Crippen molar-refractivity contribution in [3.63, 3.8) is 0 Å². The van der Waals surface area contributed by atoms with E-state index < -0.39 is 10.0 Å². The first-order valence-electron chi connectivity index (χ1n) is 10.5. The number of hydrogen-bond donors (Lipinski definition) is 1. The molecule has 3 rings (SSSR count). The predicted octanol–water partition coefficient (Wildman–Crippen LogP) is 2.47. The van der Waals surface area contributed by atoms with Crippen molar-refractivity contribution in [3.8, 4) is 0 Å². The molecule has 1 N–H and O–H groups in total. The van der Waals surface area contributed by atoms with E-state index in [2.05, 4.69) is 17.1 Å². The number of carbonyl (C=O) groups excluding carboxylic acids is 1. The molecule has 0 saturated carbocycles. The zero-order valence-electron chi connectivity index (χ0n) is 16.8. The lowest BCUT2D eigenvalue weighted by Gasteiger charge is -2.31. The highest BCUT2D eigenvalue weighted by molar-refractivity contribution is 7.89. The molecule has 2 aliphatic rings. The first-order chi connectivity index (χ1) is 13.5. The van der Waals surface area contributed by atoms with Gasteiger partial charge in [0.1, 0.15) is 0 Å². The molecule has 2 fully saturated rings. The van der Waals surface area contributed by atoms with E-state index in [-0.39, 0.29) is 11.8 Å². The van der Waals surface area contributed by atoms with E-state index in [1.807, 2.05) is 6.07 Å². The zero-order chi connectivity index (χ0) is 20.0. The summed E-state index contributed by atoms with van der Waals surface area (Å²) in [6.07, 6.45) is 5.54. The first kappa shape index (κ1) is 21.3. The molecule has 0 aliphatic carbocycles. The van der Waals surface area contributed by atoms with Gasteiger partial charge in [-0.25, -0.2) is 8.42 Å². The lowest BCUT2D eigenvalue weighted by Crippen LogP contribution is -2.40. The molecule has 1 aromatic carbocycles. The largest absolute Gasteiger partial charge is 0.356 e. The predicted molar refractivity (Wildman–Crippen MR) is 110 cm³/mol. The minimum absolute atomic E-state index is 0.0954. The van der Waals surface area contributed by atoms with Gasteiger partial charge in [0.05, 0.1) is 4.90 Å². The summed E-state index contributed by atoms with van der Waals surface area (Å²) >= 11 is 0. The van der Waals surface area contributed by atoms with Crippen molar-refractivity contribution in [2.24, 2.45) is 5.92 Å². The number of sulfonamides is 1. The number of hydrogen-bond acceptors (Lipinski definition) is 4. The number of benzene rings is 1. The van der Waals surface area contributed by atoms with Crippen LogP contribution >= 0.6 is 0 Å². The number of piperidine rings is 1. The first-order valence-corrected chi connectivity index (χ1v) is 12.0. The highest BCUT2D eigenvalue weighted by atomic mass is 32.2. The van der Waals surface area contributed by atoms with Crippen LogP contribution in [0.3, 0.4) is 0 Å². The van der Waals surface area contributed by atoms with Gasteiger partial charge in [0.25, 0.3) is 0 Å². The molecule has 1 amide bonds. The van der Waals surface area contributed by atoms with Gasteiger partial charge in [-0.05, 0) is 70.2 Å². The quantitative estimate of drug-likeness (QED) is 0.719. The Morgan fingerprint density at radius 2 is 1.75 bits per heavy atom. The van der Waals surface area contributed by atoms with Gasteiger partial charge < -0.3 is 10.2 Å². The molecule has 156 valence electrons. The smallest absolute Gasteiger partial charge is 0.243 e. The molecular weight excluding hydrogens is 374 g/mol. The average molecular weight is 408 g/mol. The van der Waals surface area contributed by atoms with E-state index in [0.29, 0.717) is 30.4 Å². The topological polar surface area (TPSA) is 69.7 Å². The molecule has 1 aromatic rings. The summed E-state index contributed by atoms with van der Waals surface area (Å²) in [6.45, 7) is 6.29. The van der Waals surface area contributed by atoms with Crippen molar-refractivity contribution in [3.05, 3.63) is 30.3 Å². The number of rotatable bonds is 8. The molecular formula is C21H33N3O3S. The Bertz CT molecular complexity index is 725. The van der Waals surface area contributed by atoms with E-state index in [0.717, 1.165) is 25.8 Å². The van der Waals surface area contributed by atoms with E-state index >= 15 is 0 Å². The van der Waals surface area contributed by atoms with Crippen molar-refractivity contribution < 1.29 is 13.2 Å². The Morgan fingerprint density at radius 3 is 2.39 bits per heavy atom. The van der Waals surface area contributed by atoms with Gasteiger partial charge in [-0.15, -0.1) is 0 Å². The Balaban J connectivity index is 1.37. The second kappa shape index (κ2) is 9.85. The molecule has 0 spiro atoms. The molecule has 0 radical (unpaired) electrons. The fourth-order valence-electron chi connectivity index (χ4n) is 4.22. The van der Waals surface area contributed by atoms with Gasteiger partial charge in [0.15, 0.2) is 0 Å². The van der Waals surface area contributed by atoms with E-state index in [4.69, 9.17) is 0 Å². The summed E-state index contributed by atoms with van der Waals surface area (Å²) in [5.74, 6) is 0.358. The van der Waals surface area contributed by atoms with Crippen LogP contribution in [0.15, 0.2) is 35.2 Å². The van der Waals surface area contributed by atoms with Crippen LogP contribution in [-0.2, 0) is 14.8 Å². The monoisotopic (exact) mass is 407 g/mol. The van der Waals surface area contributed by atoms with Gasteiger partial charge in [-0.3, -0.25) is 4.79 Å². The number of nitrogens with one attached hydrogen (secondary N) is 1. The molecule has 2 heterocycles. The minimum Gasteiger partial charge on any atom is -0.356 e. The normalized spacial score (nSPS) is 20.9. The molecule has 7 heteroatoms. The van der Waals surface area contributed by atoms with Crippen LogP contribution in [0.2, 0.25) is 0 Å². The fourth-order valence-corrected chi connectivity index (χ4v) is 5.71. The van der Waals surface area contributed by atoms with E-state index in [1.165, 1.54) is 25.9 Å².